The predicted octanol–water partition coefficient (Wildman–Crippen LogP) is 4.36. The Morgan fingerprint density at radius 2 is 1.27 bits per heavy atom. The number of hydrogen-bond donors (Lipinski definition) is 0. The summed E-state index contributed by atoms with van der Waals surface area (Å²) in [7, 11) is -1.72. The van der Waals surface area contributed by atoms with E-state index in [2.05, 4.69) is 107 Å². The van der Waals surface area contributed by atoms with Crippen molar-refractivity contribution in [3.05, 3.63) is 84.2 Å². The van der Waals surface area contributed by atoms with Gasteiger partial charge in [0.2, 0.25) is 0 Å². The quantitative estimate of drug-likeness (QED) is 0.480. The van der Waals surface area contributed by atoms with Gasteiger partial charge in [-0.15, -0.1) is 0 Å². The lowest BCUT2D eigenvalue weighted by molar-refractivity contribution is -0.00000639. The van der Waals surface area contributed by atoms with Crippen molar-refractivity contribution in [1.82, 2.24) is 0 Å². The Kier molecular flexibility index (Phi) is 7.01. The van der Waals surface area contributed by atoms with Gasteiger partial charge in [-0.05, 0) is 62.9 Å². The van der Waals surface area contributed by atoms with E-state index in [1.807, 2.05) is 0 Å². The smallest absolute Gasteiger partial charge is 0.108 e. The molecule has 160 valence electrons. The van der Waals surface area contributed by atoms with Gasteiger partial charge < -0.3 is 12.4 Å². The van der Waals surface area contributed by atoms with Crippen molar-refractivity contribution in [2.24, 2.45) is 16.7 Å². The highest BCUT2D eigenvalue weighted by atomic mass is 35.5. The van der Waals surface area contributed by atoms with Crippen LogP contribution in [0.1, 0.15) is 53.4 Å². The summed E-state index contributed by atoms with van der Waals surface area (Å²) < 4.78 is 0. The molecule has 2 aromatic rings. The van der Waals surface area contributed by atoms with Gasteiger partial charge >= 0.3 is 0 Å². The molecule has 0 atom stereocenters. The van der Waals surface area contributed by atoms with Gasteiger partial charge in [-0.3, -0.25) is 0 Å². The van der Waals surface area contributed by atoms with Crippen LogP contribution in [0.5, 0.6) is 0 Å². The van der Waals surface area contributed by atoms with Crippen LogP contribution in [0.4, 0.5) is 0 Å². The maximum atomic E-state index is 2.63. The number of rotatable bonds is 5. The van der Waals surface area contributed by atoms with E-state index < -0.39 is 7.26 Å². The van der Waals surface area contributed by atoms with E-state index in [4.69, 9.17) is 0 Å². The fourth-order valence-electron chi connectivity index (χ4n) is 5.38. The second-order valence-corrected chi connectivity index (χ2v) is 13.7. The van der Waals surface area contributed by atoms with Gasteiger partial charge in [-0.1, -0.05) is 75.2 Å². The molecule has 0 aromatic heterocycles. The third-order valence-electron chi connectivity index (χ3n) is 6.91. The topological polar surface area (TPSA) is 0 Å². The average molecular weight is 439 g/mol. The van der Waals surface area contributed by atoms with Crippen LogP contribution in [-0.2, 0) is 0 Å². The molecule has 0 aliphatic heterocycles. The molecule has 0 spiro atoms. The molecule has 0 radical (unpaired) electrons. The summed E-state index contributed by atoms with van der Waals surface area (Å²) in [5.74, 6) is 0.842. The normalized spacial score (nSPS) is 20.5. The minimum absolute atomic E-state index is 0. The van der Waals surface area contributed by atoms with E-state index in [-0.39, 0.29) is 23.2 Å². The average Bonchev–Trinajstić information content (AvgIpc) is 3.23. The molecule has 2 heteroatoms. The van der Waals surface area contributed by atoms with Gasteiger partial charge in [0.1, 0.15) is 17.9 Å². The third kappa shape index (κ3) is 4.46. The Morgan fingerprint density at radius 3 is 1.77 bits per heavy atom. The Hall–Kier alpha value is -1.36. The Labute approximate surface area is 190 Å². The van der Waals surface area contributed by atoms with Crippen molar-refractivity contribution in [3.8, 4) is 0 Å². The molecule has 2 aromatic carbocycles. The molecule has 0 heterocycles. The molecule has 4 rings (SSSR count). The highest BCUT2D eigenvalue weighted by molar-refractivity contribution is 7.93. The van der Waals surface area contributed by atoms with Crippen molar-refractivity contribution in [2.45, 2.75) is 53.4 Å². The van der Waals surface area contributed by atoms with Crippen LogP contribution in [0.3, 0.4) is 0 Å². The fraction of sp³-hybridized carbons (Fsp3) is 0.429. The zero-order valence-corrected chi connectivity index (χ0v) is 20.6. The Bertz CT molecular complexity index is 847. The number of hydrogen-bond acceptors (Lipinski definition) is 0. The SMILES string of the molecule is CC1(C)C=CC(C)(C)C([P+](CC2CCCC2)(c2ccccc2)c2ccccc2)=C1.[Cl-]. The van der Waals surface area contributed by atoms with E-state index in [1.54, 1.807) is 15.9 Å². The van der Waals surface area contributed by atoms with Crippen LogP contribution >= 0.6 is 7.26 Å². The van der Waals surface area contributed by atoms with Crippen molar-refractivity contribution >= 4 is 17.9 Å². The number of allylic oxidation sites excluding steroid dienone is 4. The van der Waals surface area contributed by atoms with Crippen molar-refractivity contribution in [2.75, 3.05) is 6.16 Å². The van der Waals surface area contributed by atoms with E-state index in [1.165, 1.54) is 31.8 Å². The number of halogens is 1. The Morgan fingerprint density at radius 1 is 0.767 bits per heavy atom. The van der Waals surface area contributed by atoms with Crippen molar-refractivity contribution in [1.29, 1.82) is 0 Å². The van der Waals surface area contributed by atoms with Gasteiger partial charge in [0, 0.05) is 10.8 Å². The zero-order valence-electron chi connectivity index (χ0n) is 18.9. The van der Waals surface area contributed by atoms with Crippen molar-refractivity contribution in [3.63, 3.8) is 0 Å². The van der Waals surface area contributed by atoms with Gasteiger partial charge in [-0.25, -0.2) is 0 Å². The van der Waals surface area contributed by atoms with Gasteiger partial charge in [0.25, 0.3) is 0 Å². The van der Waals surface area contributed by atoms with E-state index in [0.29, 0.717) is 0 Å². The summed E-state index contributed by atoms with van der Waals surface area (Å²) in [6, 6.07) is 23.0. The van der Waals surface area contributed by atoms with E-state index in [9.17, 15) is 0 Å². The van der Waals surface area contributed by atoms with Crippen molar-refractivity contribution < 1.29 is 12.4 Å². The van der Waals surface area contributed by atoms with E-state index >= 15 is 0 Å². The van der Waals surface area contributed by atoms with Crippen LogP contribution in [-0.4, -0.2) is 6.16 Å². The summed E-state index contributed by atoms with van der Waals surface area (Å²) in [5, 5.41) is 4.80. The van der Waals surface area contributed by atoms with Crippen LogP contribution in [0.25, 0.3) is 0 Å². The molecule has 2 aliphatic carbocycles. The molecule has 1 saturated carbocycles. The molecule has 0 unspecified atom stereocenters. The molecular formula is C28H36ClP. The van der Waals surface area contributed by atoms with Crippen LogP contribution in [0.2, 0.25) is 0 Å². The minimum atomic E-state index is -1.72. The second kappa shape index (κ2) is 9.02. The van der Waals surface area contributed by atoms with Crippen LogP contribution in [0, 0.1) is 16.7 Å². The first-order valence-electron chi connectivity index (χ1n) is 11.3. The first-order chi connectivity index (χ1) is 13.8. The van der Waals surface area contributed by atoms with Gasteiger partial charge in [-0.2, -0.15) is 0 Å². The minimum Gasteiger partial charge on any atom is -1.00 e. The molecule has 0 bridgehead atoms. The third-order valence-corrected chi connectivity index (χ3v) is 11.9. The lowest BCUT2D eigenvalue weighted by Gasteiger charge is -2.41. The van der Waals surface area contributed by atoms with Crippen LogP contribution in [0.15, 0.2) is 84.2 Å². The monoisotopic (exact) mass is 438 g/mol. The Balaban J connectivity index is 0.00000256. The first-order valence-corrected chi connectivity index (χ1v) is 13.2. The molecular weight excluding hydrogens is 403 g/mol. The molecule has 0 amide bonds. The summed E-state index contributed by atoms with van der Waals surface area (Å²) in [6.07, 6.45) is 14.5. The fourth-order valence-corrected chi connectivity index (χ4v) is 11.0. The standard InChI is InChI=1S/C28H36P.ClH/c1-27(2)19-20-28(3,4)26(21-27)29(22-23-13-11-12-14-23,24-15-7-5-8-16-24)25-17-9-6-10-18-25;/h5-10,15-21,23H,11-14,22H2,1-4H3;1H/q+1;/p-1. The summed E-state index contributed by atoms with van der Waals surface area (Å²) in [4.78, 5) is 0. The second-order valence-electron chi connectivity index (χ2n) is 10.2. The predicted molar refractivity (Wildman–Crippen MR) is 131 cm³/mol. The largest absolute Gasteiger partial charge is 1.00 e. The van der Waals surface area contributed by atoms with Crippen LogP contribution < -0.4 is 23.0 Å². The van der Waals surface area contributed by atoms with Gasteiger partial charge in [0.15, 0.2) is 0 Å². The maximum Gasteiger partial charge on any atom is 0.108 e. The number of benzene rings is 2. The molecule has 0 saturated heterocycles. The summed E-state index contributed by atoms with van der Waals surface area (Å²) >= 11 is 0. The highest BCUT2D eigenvalue weighted by Crippen LogP contribution is 2.71. The zero-order chi connectivity index (χ0) is 20.5. The summed E-state index contributed by atoms with van der Waals surface area (Å²) in [6.45, 7) is 9.58. The first kappa shape index (κ1) is 23.3. The maximum absolute atomic E-state index is 2.63. The molecule has 0 nitrogen and oxygen atoms in total. The lowest BCUT2D eigenvalue weighted by atomic mass is 9.79. The summed E-state index contributed by atoms with van der Waals surface area (Å²) in [5.41, 5.74) is 0.183. The highest BCUT2D eigenvalue weighted by Gasteiger charge is 2.54. The molecule has 30 heavy (non-hydrogen) atoms. The van der Waals surface area contributed by atoms with E-state index in [0.717, 1.165) is 5.92 Å². The molecule has 1 fully saturated rings. The molecule has 2 aliphatic rings. The van der Waals surface area contributed by atoms with Gasteiger partial charge in [0.05, 0.1) is 11.5 Å². The lowest BCUT2D eigenvalue weighted by Crippen LogP contribution is -3.00. The molecule has 0 N–H and O–H groups in total.